The van der Waals surface area contributed by atoms with Crippen LogP contribution in [0.1, 0.15) is 36.6 Å². The molecule has 0 unspecified atom stereocenters. The highest BCUT2D eigenvalue weighted by Gasteiger charge is 2.20. The minimum atomic E-state index is 0. The van der Waals surface area contributed by atoms with Gasteiger partial charge in [-0.3, -0.25) is 9.48 Å². The lowest BCUT2D eigenvalue weighted by Gasteiger charge is -2.18. The number of amides is 1. The van der Waals surface area contributed by atoms with Gasteiger partial charge in [-0.15, -0.1) is 24.0 Å². The van der Waals surface area contributed by atoms with Crippen LogP contribution < -0.4 is 10.6 Å². The van der Waals surface area contributed by atoms with E-state index < -0.39 is 0 Å². The number of halogens is 1. The topological polar surface area (TPSA) is 74.6 Å². The molecule has 1 aliphatic rings. The molecule has 1 aromatic heterocycles. The number of nitrogens with one attached hydrogen (secondary N) is 2. The Morgan fingerprint density at radius 2 is 2.00 bits per heavy atom. The maximum Gasteiger partial charge on any atom is 0.222 e. The number of hydrogen-bond donors (Lipinski definition) is 2. The molecule has 0 aliphatic carbocycles. The van der Waals surface area contributed by atoms with Gasteiger partial charge in [0.15, 0.2) is 5.96 Å². The van der Waals surface area contributed by atoms with Crippen molar-refractivity contribution in [1.29, 1.82) is 0 Å². The number of hydrogen-bond acceptors (Lipinski definition) is 3. The van der Waals surface area contributed by atoms with Gasteiger partial charge in [0.25, 0.3) is 0 Å². The number of aryl methyl sites for hydroxylation is 1. The standard InChI is InChI=1S/C20H28N6O.HI/c1-3-21-20(23-14-18-10-11-24-25(18)2)22-13-16-7-4-5-8-17(16)15-26-12-6-9-19(26)27;/h4-5,7-8,10-11H,3,6,9,12-15H2,1-2H3,(H2,21,22,23);1H. The molecule has 0 bridgehead atoms. The number of rotatable bonds is 7. The van der Waals surface area contributed by atoms with E-state index in [1.165, 1.54) is 5.56 Å². The number of benzene rings is 1. The minimum absolute atomic E-state index is 0. The van der Waals surface area contributed by atoms with Crippen molar-refractivity contribution in [2.45, 2.75) is 39.4 Å². The van der Waals surface area contributed by atoms with Crippen LogP contribution in [0.3, 0.4) is 0 Å². The summed E-state index contributed by atoms with van der Waals surface area (Å²) in [6, 6.07) is 10.2. The Balaban J connectivity index is 0.00000280. The van der Waals surface area contributed by atoms with Crippen LogP contribution >= 0.6 is 24.0 Å². The summed E-state index contributed by atoms with van der Waals surface area (Å²) < 4.78 is 1.85. The summed E-state index contributed by atoms with van der Waals surface area (Å²) in [5, 5.41) is 10.8. The predicted octanol–water partition coefficient (Wildman–Crippen LogP) is 2.42. The van der Waals surface area contributed by atoms with E-state index in [1.54, 1.807) is 6.20 Å². The SMILES string of the molecule is CCNC(=NCc1ccccc1CN1CCCC1=O)NCc1ccnn1C.I. The second-order valence-electron chi connectivity index (χ2n) is 6.68. The van der Waals surface area contributed by atoms with Gasteiger partial charge < -0.3 is 15.5 Å². The van der Waals surface area contributed by atoms with Crippen LogP contribution in [-0.2, 0) is 31.5 Å². The first-order chi connectivity index (χ1) is 13.2. The molecule has 1 aromatic carbocycles. The largest absolute Gasteiger partial charge is 0.357 e. The zero-order valence-corrected chi connectivity index (χ0v) is 18.8. The maximum atomic E-state index is 11.9. The van der Waals surface area contributed by atoms with E-state index in [0.29, 0.717) is 26.1 Å². The van der Waals surface area contributed by atoms with Gasteiger partial charge >= 0.3 is 0 Å². The van der Waals surface area contributed by atoms with Gasteiger partial charge in [-0.1, -0.05) is 24.3 Å². The Morgan fingerprint density at radius 1 is 1.21 bits per heavy atom. The van der Waals surface area contributed by atoms with E-state index >= 15 is 0 Å². The van der Waals surface area contributed by atoms with E-state index in [-0.39, 0.29) is 29.9 Å². The molecular formula is C20H29IN6O. The second kappa shape index (κ2) is 11.0. The van der Waals surface area contributed by atoms with Crippen molar-refractivity contribution in [3.63, 3.8) is 0 Å². The van der Waals surface area contributed by atoms with Gasteiger partial charge in [-0.2, -0.15) is 5.10 Å². The average Bonchev–Trinajstić information content (AvgIpc) is 3.27. The third-order valence-electron chi connectivity index (χ3n) is 4.76. The number of aliphatic imine (C=N–C) groups is 1. The number of likely N-dealkylation sites (tertiary alicyclic amines) is 1. The first-order valence-electron chi connectivity index (χ1n) is 9.51. The van der Waals surface area contributed by atoms with Crippen molar-refractivity contribution in [1.82, 2.24) is 25.3 Å². The van der Waals surface area contributed by atoms with Crippen molar-refractivity contribution < 1.29 is 4.79 Å². The van der Waals surface area contributed by atoms with Crippen LogP contribution in [0.25, 0.3) is 0 Å². The summed E-state index contributed by atoms with van der Waals surface area (Å²) in [7, 11) is 1.93. The number of nitrogens with zero attached hydrogens (tertiary/aromatic N) is 4. The van der Waals surface area contributed by atoms with Crippen molar-refractivity contribution in [3.05, 3.63) is 53.3 Å². The van der Waals surface area contributed by atoms with E-state index in [0.717, 1.165) is 36.7 Å². The zero-order chi connectivity index (χ0) is 19.1. The zero-order valence-electron chi connectivity index (χ0n) is 16.5. The molecule has 0 radical (unpaired) electrons. The smallest absolute Gasteiger partial charge is 0.222 e. The summed E-state index contributed by atoms with van der Waals surface area (Å²) in [6.07, 6.45) is 3.42. The fraction of sp³-hybridized carbons (Fsp3) is 0.450. The highest BCUT2D eigenvalue weighted by atomic mass is 127. The van der Waals surface area contributed by atoms with Gasteiger partial charge in [-0.05, 0) is 30.5 Å². The molecule has 152 valence electrons. The van der Waals surface area contributed by atoms with E-state index in [2.05, 4.69) is 27.9 Å². The fourth-order valence-electron chi connectivity index (χ4n) is 3.20. The van der Waals surface area contributed by atoms with Gasteiger partial charge in [0.2, 0.25) is 5.91 Å². The van der Waals surface area contributed by atoms with Gasteiger partial charge in [0.1, 0.15) is 0 Å². The summed E-state index contributed by atoms with van der Waals surface area (Å²) in [5.74, 6) is 1.02. The van der Waals surface area contributed by atoms with Gasteiger partial charge in [0.05, 0.1) is 18.8 Å². The first kappa shape index (κ1) is 22.2. The normalized spacial score (nSPS) is 14.1. The molecule has 0 atom stereocenters. The average molecular weight is 496 g/mol. The summed E-state index contributed by atoms with van der Waals surface area (Å²) in [5.41, 5.74) is 3.41. The third kappa shape index (κ3) is 5.95. The lowest BCUT2D eigenvalue weighted by atomic mass is 10.1. The highest BCUT2D eigenvalue weighted by molar-refractivity contribution is 14.0. The molecule has 0 saturated carbocycles. The monoisotopic (exact) mass is 496 g/mol. The van der Waals surface area contributed by atoms with Crippen molar-refractivity contribution in [2.24, 2.45) is 12.0 Å². The number of aromatic nitrogens is 2. The van der Waals surface area contributed by atoms with Gasteiger partial charge in [0, 0.05) is 39.3 Å². The summed E-state index contributed by atoms with van der Waals surface area (Å²) in [4.78, 5) is 18.6. The van der Waals surface area contributed by atoms with E-state index in [9.17, 15) is 4.79 Å². The molecule has 3 rings (SSSR count). The van der Waals surface area contributed by atoms with Gasteiger partial charge in [-0.25, -0.2) is 4.99 Å². The minimum Gasteiger partial charge on any atom is -0.357 e. The summed E-state index contributed by atoms with van der Waals surface area (Å²) in [6.45, 7) is 5.59. The lowest BCUT2D eigenvalue weighted by Crippen LogP contribution is -2.37. The molecule has 0 spiro atoms. The van der Waals surface area contributed by atoms with Crippen molar-refractivity contribution in [2.75, 3.05) is 13.1 Å². The number of carbonyl (C=O) groups excluding carboxylic acids is 1. The van der Waals surface area contributed by atoms with Crippen LogP contribution in [0.4, 0.5) is 0 Å². The molecule has 7 nitrogen and oxygen atoms in total. The second-order valence-corrected chi connectivity index (χ2v) is 6.68. The molecule has 2 heterocycles. The summed E-state index contributed by atoms with van der Waals surface area (Å²) >= 11 is 0. The molecular weight excluding hydrogens is 467 g/mol. The number of carbonyl (C=O) groups is 1. The van der Waals surface area contributed by atoms with Crippen molar-refractivity contribution in [3.8, 4) is 0 Å². The maximum absolute atomic E-state index is 11.9. The van der Waals surface area contributed by atoms with E-state index in [1.807, 2.05) is 41.8 Å². The van der Waals surface area contributed by atoms with E-state index in [4.69, 9.17) is 4.99 Å². The molecule has 1 amide bonds. The highest BCUT2D eigenvalue weighted by Crippen LogP contribution is 2.17. The quantitative estimate of drug-likeness (QED) is 0.351. The first-order valence-corrected chi connectivity index (χ1v) is 9.51. The Kier molecular flexibility index (Phi) is 8.75. The molecule has 1 fully saturated rings. The Morgan fingerprint density at radius 3 is 2.64 bits per heavy atom. The lowest BCUT2D eigenvalue weighted by molar-refractivity contribution is -0.128. The van der Waals surface area contributed by atoms with Crippen LogP contribution in [-0.4, -0.2) is 39.6 Å². The Labute approximate surface area is 183 Å². The van der Waals surface area contributed by atoms with Crippen LogP contribution in [0.5, 0.6) is 0 Å². The molecule has 2 aromatic rings. The molecule has 1 saturated heterocycles. The molecule has 8 heteroatoms. The molecule has 28 heavy (non-hydrogen) atoms. The Hall–Kier alpha value is -2.10. The third-order valence-corrected chi connectivity index (χ3v) is 4.76. The number of guanidine groups is 1. The van der Waals surface area contributed by atoms with Crippen LogP contribution in [0.2, 0.25) is 0 Å². The Bertz CT molecular complexity index is 803. The van der Waals surface area contributed by atoms with Crippen LogP contribution in [0, 0.1) is 0 Å². The molecule has 1 aliphatic heterocycles. The fourth-order valence-corrected chi connectivity index (χ4v) is 3.20. The molecule has 2 N–H and O–H groups in total. The van der Waals surface area contributed by atoms with Crippen LogP contribution in [0.15, 0.2) is 41.5 Å². The predicted molar refractivity (Wildman–Crippen MR) is 121 cm³/mol. The van der Waals surface area contributed by atoms with Crippen molar-refractivity contribution >= 4 is 35.8 Å².